The van der Waals surface area contributed by atoms with Crippen LogP contribution in [-0.4, -0.2) is 51.3 Å². The van der Waals surface area contributed by atoms with Crippen molar-refractivity contribution in [2.24, 2.45) is 0 Å². The molecule has 0 spiro atoms. The predicted molar refractivity (Wildman–Crippen MR) is 99.2 cm³/mol. The molecule has 0 radical (unpaired) electrons. The molecular weight excluding hydrogens is 370 g/mol. The van der Waals surface area contributed by atoms with E-state index in [-0.39, 0.29) is 36.3 Å². The van der Waals surface area contributed by atoms with Gasteiger partial charge in [-0.15, -0.1) is 0 Å². The third-order valence-electron chi connectivity index (χ3n) is 4.09. The molecule has 0 aliphatic carbocycles. The van der Waals surface area contributed by atoms with Crippen molar-refractivity contribution in [1.29, 1.82) is 0 Å². The Bertz CT molecular complexity index is 957. The number of carbonyl (C=O) groups excluding carboxylic acids is 2. The number of amides is 2. The molecule has 3 rings (SSSR count). The third-order valence-corrected chi connectivity index (χ3v) is 5.94. The van der Waals surface area contributed by atoms with Gasteiger partial charge in [0.25, 0.3) is 5.91 Å². The van der Waals surface area contributed by atoms with Crippen LogP contribution in [0, 0.1) is 0 Å². The average Bonchev–Trinajstić information content (AvgIpc) is 2.68. The number of sulfonamides is 1. The highest BCUT2D eigenvalue weighted by Crippen LogP contribution is 2.20. The van der Waals surface area contributed by atoms with Crippen LogP contribution in [0.5, 0.6) is 5.75 Å². The van der Waals surface area contributed by atoms with Crippen LogP contribution in [0.1, 0.15) is 10.4 Å². The lowest BCUT2D eigenvalue weighted by Gasteiger charge is -2.25. The van der Waals surface area contributed by atoms with Gasteiger partial charge in [0.05, 0.1) is 18.6 Å². The summed E-state index contributed by atoms with van der Waals surface area (Å²) in [5.41, 5.74) is 0.878. The quantitative estimate of drug-likeness (QED) is 0.796. The molecule has 0 aromatic heterocycles. The molecule has 0 atom stereocenters. The van der Waals surface area contributed by atoms with Crippen molar-refractivity contribution in [3.05, 3.63) is 54.1 Å². The van der Waals surface area contributed by atoms with Crippen molar-refractivity contribution >= 4 is 27.5 Å². The Morgan fingerprint density at radius 3 is 2.59 bits per heavy atom. The summed E-state index contributed by atoms with van der Waals surface area (Å²) < 4.78 is 31.4. The Morgan fingerprint density at radius 1 is 1.19 bits per heavy atom. The number of piperazine rings is 1. The standard InChI is InChI=1S/C18H19N3O5S/c1-26-15-4-2-3-14(11-15)20-18(23)13-5-7-16(8-6-13)27(24,25)21-10-9-19-17(22)12-21/h2-8,11H,9-10,12H2,1H3,(H,19,22)(H,20,23). The van der Waals surface area contributed by atoms with Gasteiger partial charge in [0.15, 0.2) is 0 Å². The number of benzene rings is 2. The number of ether oxygens (including phenoxy) is 1. The molecule has 27 heavy (non-hydrogen) atoms. The Morgan fingerprint density at radius 2 is 1.93 bits per heavy atom. The SMILES string of the molecule is COc1cccc(NC(=O)c2ccc(S(=O)(=O)N3CCNC(=O)C3)cc2)c1. The summed E-state index contributed by atoms with van der Waals surface area (Å²) in [6.45, 7) is 0.283. The number of hydrogen-bond donors (Lipinski definition) is 2. The highest BCUT2D eigenvalue weighted by molar-refractivity contribution is 7.89. The molecule has 2 N–H and O–H groups in total. The number of rotatable bonds is 5. The van der Waals surface area contributed by atoms with Gasteiger partial charge in [-0.1, -0.05) is 6.07 Å². The first-order valence-corrected chi connectivity index (χ1v) is 9.66. The average molecular weight is 389 g/mol. The van der Waals surface area contributed by atoms with Gasteiger partial charge in [-0.25, -0.2) is 8.42 Å². The summed E-state index contributed by atoms with van der Waals surface area (Å²) in [6, 6.07) is 12.5. The first-order chi connectivity index (χ1) is 12.9. The molecule has 0 unspecified atom stereocenters. The van der Waals surface area contributed by atoms with Gasteiger partial charge in [0.2, 0.25) is 15.9 Å². The van der Waals surface area contributed by atoms with E-state index in [1.807, 2.05) is 0 Å². The number of nitrogens with one attached hydrogen (secondary N) is 2. The number of methoxy groups -OCH3 is 1. The Balaban J connectivity index is 1.74. The molecule has 0 saturated carbocycles. The van der Waals surface area contributed by atoms with Gasteiger partial charge >= 0.3 is 0 Å². The van der Waals surface area contributed by atoms with Crippen LogP contribution in [0.3, 0.4) is 0 Å². The Hall–Kier alpha value is -2.91. The largest absolute Gasteiger partial charge is 0.497 e. The normalized spacial score (nSPS) is 15.1. The van der Waals surface area contributed by atoms with Crippen molar-refractivity contribution in [3.63, 3.8) is 0 Å². The number of nitrogens with zero attached hydrogens (tertiary/aromatic N) is 1. The van der Waals surface area contributed by atoms with Crippen molar-refractivity contribution in [3.8, 4) is 5.75 Å². The van der Waals surface area contributed by atoms with E-state index >= 15 is 0 Å². The van der Waals surface area contributed by atoms with Crippen LogP contribution < -0.4 is 15.4 Å². The fourth-order valence-corrected chi connectivity index (χ4v) is 4.05. The molecule has 142 valence electrons. The summed E-state index contributed by atoms with van der Waals surface area (Å²) >= 11 is 0. The van der Waals surface area contributed by atoms with Crippen molar-refractivity contribution < 1.29 is 22.7 Å². The van der Waals surface area contributed by atoms with Gasteiger partial charge in [-0.2, -0.15) is 4.31 Å². The lowest BCUT2D eigenvalue weighted by molar-refractivity contribution is -0.122. The zero-order valence-corrected chi connectivity index (χ0v) is 15.5. The molecular formula is C18H19N3O5S. The molecule has 1 saturated heterocycles. The fourth-order valence-electron chi connectivity index (χ4n) is 2.65. The number of carbonyl (C=O) groups is 2. The highest BCUT2D eigenvalue weighted by Gasteiger charge is 2.29. The zero-order chi connectivity index (χ0) is 19.4. The minimum atomic E-state index is -3.78. The number of anilines is 1. The second kappa shape index (κ2) is 7.77. The van der Waals surface area contributed by atoms with Crippen LogP contribution in [0.25, 0.3) is 0 Å². The predicted octanol–water partition coefficient (Wildman–Crippen LogP) is 1.07. The summed E-state index contributed by atoms with van der Waals surface area (Å²) in [5.74, 6) is -0.0940. The van der Waals surface area contributed by atoms with Crippen LogP contribution in [-0.2, 0) is 14.8 Å². The van der Waals surface area contributed by atoms with E-state index in [0.717, 1.165) is 4.31 Å². The maximum absolute atomic E-state index is 12.6. The van der Waals surface area contributed by atoms with Crippen LogP contribution >= 0.6 is 0 Å². The van der Waals surface area contributed by atoms with E-state index in [4.69, 9.17) is 4.74 Å². The lowest BCUT2D eigenvalue weighted by atomic mass is 10.2. The van der Waals surface area contributed by atoms with E-state index in [2.05, 4.69) is 10.6 Å². The fraction of sp³-hybridized carbons (Fsp3) is 0.222. The lowest BCUT2D eigenvalue weighted by Crippen LogP contribution is -2.49. The maximum Gasteiger partial charge on any atom is 0.255 e. The molecule has 8 nitrogen and oxygen atoms in total. The van der Waals surface area contributed by atoms with E-state index in [1.165, 1.54) is 31.4 Å². The summed E-state index contributed by atoms with van der Waals surface area (Å²) in [5, 5.41) is 5.31. The molecule has 1 heterocycles. The molecule has 1 aliphatic heterocycles. The molecule has 2 aromatic rings. The third kappa shape index (κ3) is 4.26. The minimum Gasteiger partial charge on any atom is -0.497 e. The maximum atomic E-state index is 12.6. The molecule has 2 aromatic carbocycles. The first kappa shape index (κ1) is 18.9. The Labute approximate surface area is 157 Å². The molecule has 1 aliphatic rings. The van der Waals surface area contributed by atoms with E-state index < -0.39 is 10.0 Å². The van der Waals surface area contributed by atoms with Gasteiger partial charge in [0, 0.05) is 30.4 Å². The monoisotopic (exact) mass is 389 g/mol. The van der Waals surface area contributed by atoms with Crippen molar-refractivity contribution in [2.45, 2.75) is 4.90 Å². The topological polar surface area (TPSA) is 105 Å². The van der Waals surface area contributed by atoms with Gasteiger partial charge < -0.3 is 15.4 Å². The van der Waals surface area contributed by atoms with Gasteiger partial charge in [-0.3, -0.25) is 9.59 Å². The van der Waals surface area contributed by atoms with Crippen LogP contribution in [0.2, 0.25) is 0 Å². The second-order valence-corrected chi connectivity index (χ2v) is 7.84. The van der Waals surface area contributed by atoms with E-state index in [9.17, 15) is 18.0 Å². The Kier molecular flexibility index (Phi) is 5.43. The van der Waals surface area contributed by atoms with Gasteiger partial charge in [-0.05, 0) is 36.4 Å². The van der Waals surface area contributed by atoms with E-state index in [1.54, 1.807) is 24.3 Å². The number of hydrogen-bond acceptors (Lipinski definition) is 5. The molecule has 9 heteroatoms. The molecule has 0 bridgehead atoms. The van der Waals surface area contributed by atoms with Crippen molar-refractivity contribution in [2.75, 3.05) is 32.1 Å². The first-order valence-electron chi connectivity index (χ1n) is 8.22. The smallest absolute Gasteiger partial charge is 0.255 e. The summed E-state index contributed by atoms with van der Waals surface area (Å²) in [7, 11) is -2.25. The summed E-state index contributed by atoms with van der Waals surface area (Å²) in [6.07, 6.45) is 0. The minimum absolute atomic E-state index is 0.0372. The zero-order valence-electron chi connectivity index (χ0n) is 14.6. The second-order valence-electron chi connectivity index (χ2n) is 5.90. The van der Waals surface area contributed by atoms with Gasteiger partial charge in [0.1, 0.15) is 5.75 Å². The summed E-state index contributed by atoms with van der Waals surface area (Å²) in [4.78, 5) is 23.8. The van der Waals surface area contributed by atoms with E-state index in [0.29, 0.717) is 17.0 Å². The van der Waals surface area contributed by atoms with Crippen molar-refractivity contribution in [1.82, 2.24) is 9.62 Å². The van der Waals surface area contributed by atoms with Crippen LogP contribution in [0.15, 0.2) is 53.4 Å². The highest BCUT2D eigenvalue weighted by atomic mass is 32.2. The molecule has 2 amide bonds. The molecule has 1 fully saturated rings. The van der Waals surface area contributed by atoms with Crippen LogP contribution in [0.4, 0.5) is 5.69 Å².